The molecule has 0 aliphatic rings. The molecular formula is C13H12N4O5. The summed E-state index contributed by atoms with van der Waals surface area (Å²) in [5.41, 5.74) is 0.221. The number of Topliss-reactive ketones (excluding diaryl/α,β-unsaturated/α-hetero) is 1. The molecular weight excluding hydrogens is 292 g/mol. The Morgan fingerprint density at radius 1 is 1.32 bits per heavy atom. The Balaban J connectivity index is 2.05. The van der Waals surface area contributed by atoms with Gasteiger partial charge in [0.25, 0.3) is 5.69 Å². The molecule has 0 atom stereocenters. The van der Waals surface area contributed by atoms with E-state index >= 15 is 0 Å². The number of rotatable bonds is 6. The van der Waals surface area contributed by atoms with Gasteiger partial charge < -0.3 is 4.74 Å². The summed E-state index contributed by atoms with van der Waals surface area (Å²) in [7, 11) is 0. The second-order valence-corrected chi connectivity index (χ2v) is 4.25. The van der Waals surface area contributed by atoms with Crippen molar-refractivity contribution in [1.29, 1.82) is 0 Å². The monoisotopic (exact) mass is 304 g/mol. The van der Waals surface area contributed by atoms with Crippen LogP contribution in [0.15, 0.2) is 30.5 Å². The van der Waals surface area contributed by atoms with Crippen LogP contribution in [-0.4, -0.2) is 38.3 Å². The van der Waals surface area contributed by atoms with Crippen LogP contribution in [0, 0.1) is 10.1 Å². The second-order valence-electron chi connectivity index (χ2n) is 4.25. The predicted molar refractivity (Wildman–Crippen MR) is 73.4 cm³/mol. The highest BCUT2D eigenvalue weighted by atomic mass is 16.6. The van der Waals surface area contributed by atoms with E-state index in [9.17, 15) is 19.7 Å². The molecule has 1 aromatic heterocycles. The van der Waals surface area contributed by atoms with Crippen molar-refractivity contribution < 1.29 is 19.2 Å². The maximum absolute atomic E-state index is 12.0. The van der Waals surface area contributed by atoms with Gasteiger partial charge in [0, 0.05) is 17.7 Å². The summed E-state index contributed by atoms with van der Waals surface area (Å²) in [4.78, 5) is 33.5. The number of nitrogens with zero attached hydrogens (tertiary/aromatic N) is 4. The zero-order chi connectivity index (χ0) is 16.1. The lowest BCUT2D eigenvalue weighted by Crippen LogP contribution is -2.11. The largest absolute Gasteiger partial charge is 0.461 e. The summed E-state index contributed by atoms with van der Waals surface area (Å²) in [5, 5.41) is 17.8. The van der Waals surface area contributed by atoms with Crippen LogP contribution in [0.5, 0.6) is 0 Å². The standard InChI is InChI=1S/C13H12N4O5/c1-2-22-13(19)11-7-16(15-14-11)8-12(18)9-3-5-10(6-4-9)17(20)21/h3-7H,2,8H2,1H3. The van der Waals surface area contributed by atoms with E-state index in [0.717, 1.165) is 0 Å². The van der Waals surface area contributed by atoms with Crippen molar-refractivity contribution in [3.05, 3.63) is 51.8 Å². The van der Waals surface area contributed by atoms with Gasteiger partial charge in [-0.15, -0.1) is 5.10 Å². The summed E-state index contributed by atoms with van der Waals surface area (Å²) in [6.07, 6.45) is 1.31. The number of hydrogen-bond acceptors (Lipinski definition) is 7. The summed E-state index contributed by atoms with van der Waals surface area (Å²) >= 11 is 0. The Bertz CT molecular complexity index is 707. The first-order valence-electron chi connectivity index (χ1n) is 6.36. The fourth-order valence-electron chi connectivity index (χ4n) is 1.68. The normalized spacial score (nSPS) is 10.2. The van der Waals surface area contributed by atoms with E-state index in [1.807, 2.05) is 0 Å². The van der Waals surface area contributed by atoms with Gasteiger partial charge in [-0.25, -0.2) is 9.48 Å². The van der Waals surface area contributed by atoms with E-state index in [-0.39, 0.29) is 30.3 Å². The van der Waals surface area contributed by atoms with Crippen molar-refractivity contribution in [3.8, 4) is 0 Å². The molecule has 0 aliphatic carbocycles. The number of ether oxygens (including phenoxy) is 1. The Labute approximate surface area is 124 Å². The number of aromatic nitrogens is 3. The molecule has 114 valence electrons. The van der Waals surface area contributed by atoms with E-state index in [4.69, 9.17) is 4.74 Å². The first-order valence-corrected chi connectivity index (χ1v) is 6.36. The number of ketones is 1. The topological polar surface area (TPSA) is 117 Å². The molecule has 22 heavy (non-hydrogen) atoms. The van der Waals surface area contributed by atoms with Crippen molar-refractivity contribution in [3.63, 3.8) is 0 Å². The highest BCUT2D eigenvalue weighted by molar-refractivity contribution is 5.96. The second kappa shape index (κ2) is 6.57. The lowest BCUT2D eigenvalue weighted by Gasteiger charge is -2.00. The van der Waals surface area contributed by atoms with E-state index in [1.54, 1.807) is 6.92 Å². The molecule has 9 heteroatoms. The SMILES string of the molecule is CCOC(=O)c1cn(CC(=O)c2ccc([N+](=O)[O-])cc2)nn1. The lowest BCUT2D eigenvalue weighted by molar-refractivity contribution is -0.384. The van der Waals surface area contributed by atoms with Crippen LogP contribution in [0.25, 0.3) is 0 Å². The first kappa shape index (κ1) is 15.3. The third-order valence-corrected chi connectivity index (χ3v) is 2.73. The minimum Gasteiger partial charge on any atom is -0.461 e. The van der Waals surface area contributed by atoms with Crippen molar-refractivity contribution in [1.82, 2.24) is 15.0 Å². The van der Waals surface area contributed by atoms with Gasteiger partial charge in [0.15, 0.2) is 11.5 Å². The lowest BCUT2D eigenvalue weighted by atomic mass is 10.1. The molecule has 9 nitrogen and oxygen atoms in total. The Morgan fingerprint density at radius 3 is 2.59 bits per heavy atom. The number of carbonyl (C=O) groups excluding carboxylic acids is 2. The molecule has 0 unspecified atom stereocenters. The summed E-state index contributed by atoms with van der Waals surface area (Å²) in [6.45, 7) is 1.75. The third kappa shape index (κ3) is 3.51. The zero-order valence-corrected chi connectivity index (χ0v) is 11.6. The number of benzene rings is 1. The minimum atomic E-state index is -0.614. The molecule has 0 saturated carbocycles. The van der Waals surface area contributed by atoms with Crippen molar-refractivity contribution in [2.24, 2.45) is 0 Å². The number of nitro groups is 1. The Hall–Kier alpha value is -3.10. The van der Waals surface area contributed by atoms with Crippen LogP contribution in [0.4, 0.5) is 5.69 Å². The fourth-order valence-corrected chi connectivity index (χ4v) is 1.68. The molecule has 1 heterocycles. The van der Waals surface area contributed by atoms with E-state index in [1.165, 1.54) is 35.1 Å². The molecule has 2 aromatic rings. The molecule has 2 rings (SSSR count). The van der Waals surface area contributed by atoms with Gasteiger partial charge in [0.2, 0.25) is 0 Å². The maximum atomic E-state index is 12.0. The molecule has 0 saturated heterocycles. The Kier molecular flexibility index (Phi) is 4.57. The van der Waals surface area contributed by atoms with Gasteiger partial charge in [-0.1, -0.05) is 5.21 Å². The average molecular weight is 304 g/mol. The molecule has 0 aliphatic heterocycles. The van der Waals surface area contributed by atoms with Gasteiger partial charge in [-0.2, -0.15) is 0 Å². The smallest absolute Gasteiger partial charge is 0.360 e. The number of nitro benzene ring substituents is 1. The summed E-state index contributed by atoms with van der Waals surface area (Å²) in [6, 6.07) is 5.23. The molecule has 0 bridgehead atoms. The van der Waals surface area contributed by atoms with Crippen molar-refractivity contribution in [2.45, 2.75) is 13.5 Å². The predicted octanol–water partition coefficient (Wildman–Crippen LogP) is 1.25. The van der Waals surface area contributed by atoms with Crippen molar-refractivity contribution >= 4 is 17.4 Å². The first-order chi connectivity index (χ1) is 10.5. The van der Waals surface area contributed by atoms with Crippen LogP contribution in [-0.2, 0) is 11.3 Å². The number of carbonyl (C=O) groups is 2. The van der Waals surface area contributed by atoms with E-state index in [2.05, 4.69) is 10.3 Å². The summed E-state index contributed by atoms with van der Waals surface area (Å²) < 4.78 is 5.97. The average Bonchev–Trinajstić information content (AvgIpc) is 2.96. The van der Waals surface area contributed by atoms with Crippen LogP contribution >= 0.6 is 0 Å². The minimum absolute atomic E-state index is 0.0124. The molecule has 0 amide bonds. The third-order valence-electron chi connectivity index (χ3n) is 2.73. The number of hydrogen-bond donors (Lipinski definition) is 0. The zero-order valence-electron chi connectivity index (χ0n) is 11.6. The van der Waals surface area contributed by atoms with Gasteiger partial charge in [-0.3, -0.25) is 14.9 Å². The van der Waals surface area contributed by atoms with Crippen LogP contribution in [0.1, 0.15) is 27.8 Å². The molecule has 0 radical (unpaired) electrons. The van der Waals surface area contributed by atoms with Gasteiger partial charge in [-0.05, 0) is 19.1 Å². The number of esters is 1. The van der Waals surface area contributed by atoms with Gasteiger partial charge in [0.05, 0.1) is 17.7 Å². The fraction of sp³-hybridized carbons (Fsp3) is 0.231. The van der Waals surface area contributed by atoms with Crippen LogP contribution in [0.2, 0.25) is 0 Å². The van der Waals surface area contributed by atoms with Crippen LogP contribution in [0.3, 0.4) is 0 Å². The quantitative estimate of drug-likeness (QED) is 0.341. The molecule has 0 fully saturated rings. The van der Waals surface area contributed by atoms with Gasteiger partial charge >= 0.3 is 5.97 Å². The van der Waals surface area contributed by atoms with Crippen molar-refractivity contribution in [2.75, 3.05) is 6.61 Å². The summed E-state index contributed by atoms with van der Waals surface area (Å²) in [5.74, 6) is -0.924. The molecule has 0 spiro atoms. The van der Waals surface area contributed by atoms with E-state index < -0.39 is 10.9 Å². The Morgan fingerprint density at radius 2 is 2.00 bits per heavy atom. The molecule has 1 aromatic carbocycles. The highest BCUT2D eigenvalue weighted by Gasteiger charge is 2.14. The molecule has 0 N–H and O–H groups in total. The van der Waals surface area contributed by atoms with Gasteiger partial charge in [0.1, 0.15) is 6.54 Å². The maximum Gasteiger partial charge on any atom is 0.360 e. The van der Waals surface area contributed by atoms with Crippen LogP contribution < -0.4 is 0 Å². The van der Waals surface area contributed by atoms with E-state index in [0.29, 0.717) is 5.56 Å². The number of non-ortho nitro benzene ring substituents is 1. The highest BCUT2D eigenvalue weighted by Crippen LogP contribution is 2.12.